The lowest BCUT2D eigenvalue weighted by atomic mass is 9.78. The number of hydrogen-bond acceptors (Lipinski definition) is 6. The molecule has 1 fully saturated rings. The summed E-state index contributed by atoms with van der Waals surface area (Å²) in [4.78, 5) is 12.0. The van der Waals surface area contributed by atoms with Crippen molar-refractivity contribution in [1.29, 1.82) is 0 Å². The minimum atomic E-state index is -0.698. The Bertz CT molecular complexity index is 464. The zero-order chi connectivity index (χ0) is 15.3. The van der Waals surface area contributed by atoms with E-state index in [1.54, 1.807) is 0 Å². The second-order valence-electron chi connectivity index (χ2n) is 5.57. The highest BCUT2D eigenvalue weighted by molar-refractivity contribution is 6.28. The quantitative estimate of drug-likeness (QED) is 0.840. The minimum absolute atomic E-state index is 0.0811. The van der Waals surface area contributed by atoms with Crippen LogP contribution in [0, 0.1) is 5.92 Å². The molecule has 1 aromatic rings. The first kappa shape index (κ1) is 16.2. The van der Waals surface area contributed by atoms with Gasteiger partial charge in [0, 0.05) is 6.54 Å². The predicted octanol–water partition coefficient (Wildman–Crippen LogP) is 2.67. The van der Waals surface area contributed by atoms with Crippen LogP contribution in [0.25, 0.3) is 0 Å². The van der Waals surface area contributed by atoms with E-state index < -0.39 is 5.60 Å². The van der Waals surface area contributed by atoms with E-state index >= 15 is 0 Å². The number of rotatable bonds is 6. The summed E-state index contributed by atoms with van der Waals surface area (Å²) in [6.07, 6.45) is 4.92. The number of halogens is 1. The molecule has 0 aliphatic heterocycles. The standard InChI is InChI=1S/C14H23ClN4O2/c1-3-10-5-7-14(20,8-6-10)9-16-12-17-11(15)18-13(19-12)21-4-2/h10,20H,3-9H2,1-2H3,(H,16,17,18,19). The Labute approximate surface area is 130 Å². The lowest BCUT2D eigenvalue weighted by Gasteiger charge is -2.35. The average Bonchev–Trinajstić information content (AvgIpc) is 2.46. The molecule has 2 rings (SSSR count). The summed E-state index contributed by atoms with van der Waals surface area (Å²) in [6, 6.07) is 0.196. The molecule has 6 nitrogen and oxygen atoms in total. The maximum atomic E-state index is 10.6. The average molecular weight is 315 g/mol. The second kappa shape index (κ2) is 7.22. The monoisotopic (exact) mass is 314 g/mol. The zero-order valence-corrected chi connectivity index (χ0v) is 13.4. The normalized spacial score (nSPS) is 25.6. The molecule has 0 unspecified atom stereocenters. The third-order valence-electron chi connectivity index (χ3n) is 4.05. The van der Waals surface area contributed by atoms with Crippen LogP contribution < -0.4 is 10.1 Å². The van der Waals surface area contributed by atoms with Gasteiger partial charge in [-0.3, -0.25) is 0 Å². The van der Waals surface area contributed by atoms with Crippen LogP contribution in [0.3, 0.4) is 0 Å². The topological polar surface area (TPSA) is 80.2 Å². The van der Waals surface area contributed by atoms with Crippen LogP contribution in [0.1, 0.15) is 46.0 Å². The van der Waals surface area contributed by atoms with Gasteiger partial charge in [0.05, 0.1) is 12.2 Å². The van der Waals surface area contributed by atoms with Crippen molar-refractivity contribution in [2.75, 3.05) is 18.5 Å². The zero-order valence-electron chi connectivity index (χ0n) is 12.6. The highest BCUT2D eigenvalue weighted by Crippen LogP contribution is 2.33. The molecule has 0 spiro atoms. The van der Waals surface area contributed by atoms with Crippen LogP contribution >= 0.6 is 11.6 Å². The molecule has 1 aliphatic rings. The van der Waals surface area contributed by atoms with E-state index in [2.05, 4.69) is 27.2 Å². The van der Waals surface area contributed by atoms with Gasteiger partial charge in [-0.25, -0.2) is 0 Å². The summed E-state index contributed by atoms with van der Waals surface area (Å²) in [5, 5.41) is 13.7. The Morgan fingerprint density at radius 3 is 2.62 bits per heavy atom. The number of nitrogens with one attached hydrogen (secondary N) is 1. The SMILES string of the molecule is CCOc1nc(Cl)nc(NCC2(O)CCC(CC)CC2)n1. The molecule has 0 saturated heterocycles. The number of ether oxygens (including phenoxy) is 1. The van der Waals surface area contributed by atoms with Crippen molar-refractivity contribution in [3.05, 3.63) is 5.28 Å². The van der Waals surface area contributed by atoms with E-state index in [9.17, 15) is 5.11 Å². The minimum Gasteiger partial charge on any atom is -0.464 e. The second-order valence-corrected chi connectivity index (χ2v) is 5.91. The lowest BCUT2D eigenvalue weighted by Crippen LogP contribution is -2.40. The van der Waals surface area contributed by atoms with Crippen LogP contribution in [-0.2, 0) is 0 Å². The van der Waals surface area contributed by atoms with Gasteiger partial charge in [0.1, 0.15) is 0 Å². The van der Waals surface area contributed by atoms with Crippen molar-refractivity contribution in [2.24, 2.45) is 5.92 Å². The van der Waals surface area contributed by atoms with E-state index in [1.807, 2.05) is 6.92 Å². The molecule has 0 atom stereocenters. The highest BCUT2D eigenvalue weighted by atomic mass is 35.5. The van der Waals surface area contributed by atoms with Crippen LogP contribution in [0.2, 0.25) is 5.28 Å². The molecule has 1 aliphatic carbocycles. The van der Waals surface area contributed by atoms with Crippen molar-refractivity contribution in [2.45, 2.75) is 51.6 Å². The smallest absolute Gasteiger partial charge is 0.322 e. The largest absolute Gasteiger partial charge is 0.464 e. The first-order chi connectivity index (χ1) is 10.0. The molecule has 1 saturated carbocycles. The Hall–Kier alpha value is -1.14. The van der Waals surface area contributed by atoms with Gasteiger partial charge in [-0.1, -0.05) is 13.3 Å². The molecule has 0 bridgehead atoms. The molecule has 118 valence electrons. The van der Waals surface area contributed by atoms with E-state index in [0.717, 1.165) is 31.6 Å². The number of aromatic nitrogens is 3. The Balaban J connectivity index is 1.93. The fourth-order valence-electron chi connectivity index (χ4n) is 2.65. The van der Waals surface area contributed by atoms with Gasteiger partial charge in [-0.05, 0) is 50.1 Å². The molecular formula is C14H23ClN4O2. The van der Waals surface area contributed by atoms with Crippen LogP contribution in [0.15, 0.2) is 0 Å². The Morgan fingerprint density at radius 1 is 1.29 bits per heavy atom. The molecule has 1 aromatic heterocycles. The fourth-order valence-corrected chi connectivity index (χ4v) is 2.80. The summed E-state index contributed by atoms with van der Waals surface area (Å²) in [5.41, 5.74) is -0.698. The van der Waals surface area contributed by atoms with Crippen LogP contribution in [-0.4, -0.2) is 38.8 Å². The lowest BCUT2D eigenvalue weighted by molar-refractivity contribution is 0.00214. The summed E-state index contributed by atoms with van der Waals surface area (Å²) in [5.74, 6) is 1.07. The Morgan fingerprint density at radius 2 is 2.00 bits per heavy atom. The van der Waals surface area contributed by atoms with Crippen molar-refractivity contribution in [3.8, 4) is 6.01 Å². The van der Waals surface area contributed by atoms with Gasteiger partial charge < -0.3 is 15.2 Å². The third kappa shape index (κ3) is 4.68. The molecule has 0 amide bonds. The van der Waals surface area contributed by atoms with Gasteiger partial charge in [-0.2, -0.15) is 15.0 Å². The van der Waals surface area contributed by atoms with Gasteiger partial charge in [-0.15, -0.1) is 0 Å². The maximum Gasteiger partial charge on any atom is 0.322 e. The summed E-state index contributed by atoms with van der Waals surface area (Å²) < 4.78 is 5.22. The molecule has 7 heteroatoms. The first-order valence-electron chi connectivity index (χ1n) is 7.55. The molecule has 0 radical (unpaired) electrons. The van der Waals surface area contributed by atoms with Gasteiger partial charge in [0.2, 0.25) is 11.2 Å². The van der Waals surface area contributed by atoms with Crippen molar-refractivity contribution < 1.29 is 9.84 Å². The first-order valence-corrected chi connectivity index (χ1v) is 7.93. The highest BCUT2D eigenvalue weighted by Gasteiger charge is 2.32. The van der Waals surface area contributed by atoms with Gasteiger partial charge in [0.25, 0.3) is 0 Å². The van der Waals surface area contributed by atoms with Gasteiger partial charge in [0.15, 0.2) is 0 Å². The molecule has 2 N–H and O–H groups in total. The summed E-state index contributed by atoms with van der Waals surface area (Å²) >= 11 is 5.84. The molecule has 0 aromatic carbocycles. The van der Waals surface area contributed by atoms with Crippen molar-refractivity contribution in [3.63, 3.8) is 0 Å². The van der Waals surface area contributed by atoms with Crippen molar-refractivity contribution >= 4 is 17.5 Å². The number of anilines is 1. The van der Waals surface area contributed by atoms with Crippen molar-refractivity contribution in [1.82, 2.24) is 15.0 Å². The summed E-state index contributed by atoms with van der Waals surface area (Å²) in [7, 11) is 0. The predicted molar refractivity (Wildman–Crippen MR) is 81.7 cm³/mol. The molecule has 21 heavy (non-hydrogen) atoms. The van der Waals surface area contributed by atoms with Gasteiger partial charge >= 0.3 is 6.01 Å². The van der Waals surface area contributed by atoms with Crippen LogP contribution in [0.4, 0.5) is 5.95 Å². The summed E-state index contributed by atoms with van der Waals surface area (Å²) in [6.45, 7) is 4.92. The van der Waals surface area contributed by atoms with E-state index in [4.69, 9.17) is 16.3 Å². The van der Waals surface area contributed by atoms with E-state index in [0.29, 0.717) is 19.1 Å². The number of nitrogens with zero attached hydrogens (tertiary/aromatic N) is 3. The number of aliphatic hydroxyl groups is 1. The number of hydrogen-bond donors (Lipinski definition) is 2. The maximum absolute atomic E-state index is 10.6. The Kier molecular flexibility index (Phi) is 5.58. The van der Waals surface area contributed by atoms with Crippen LogP contribution in [0.5, 0.6) is 6.01 Å². The van der Waals surface area contributed by atoms with E-state index in [1.165, 1.54) is 6.42 Å². The third-order valence-corrected chi connectivity index (χ3v) is 4.22. The van der Waals surface area contributed by atoms with E-state index in [-0.39, 0.29) is 11.3 Å². The molecule has 1 heterocycles. The molecular weight excluding hydrogens is 292 g/mol. The fraction of sp³-hybridized carbons (Fsp3) is 0.786.